The Morgan fingerprint density at radius 1 is 1.34 bits per heavy atom. The van der Waals surface area contributed by atoms with Gasteiger partial charge in [0.15, 0.2) is 11.6 Å². The molecule has 0 aromatic carbocycles. The van der Waals surface area contributed by atoms with Gasteiger partial charge in [-0.1, -0.05) is 11.6 Å². The van der Waals surface area contributed by atoms with Crippen LogP contribution in [0.5, 0.6) is 0 Å². The predicted molar refractivity (Wildman–Crippen MR) is 131 cm³/mol. The molecule has 2 fully saturated rings. The molecule has 8 nitrogen and oxygen atoms in total. The molecule has 4 heterocycles. The number of halogens is 2. The summed E-state index contributed by atoms with van der Waals surface area (Å²) >= 11 is 6.42. The molecule has 4 rings (SSSR count). The van der Waals surface area contributed by atoms with E-state index in [0.29, 0.717) is 67.7 Å². The van der Waals surface area contributed by atoms with E-state index in [0.717, 1.165) is 6.42 Å². The van der Waals surface area contributed by atoms with Crippen LogP contribution in [0.2, 0.25) is 5.02 Å². The fraction of sp³-hybridized carbons (Fsp3) is 0.560. The molecule has 2 aromatic heterocycles. The molecule has 2 N–H and O–H groups in total. The first-order chi connectivity index (χ1) is 16.9. The lowest BCUT2D eigenvalue weighted by molar-refractivity contribution is -0.121. The van der Waals surface area contributed by atoms with Crippen LogP contribution in [0.25, 0.3) is 11.3 Å². The van der Waals surface area contributed by atoms with Crippen LogP contribution in [0.4, 0.5) is 10.2 Å². The molecular weight excluding hydrogens is 475 g/mol. The van der Waals surface area contributed by atoms with Crippen LogP contribution in [0.3, 0.4) is 0 Å². The summed E-state index contributed by atoms with van der Waals surface area (Å²) in [4.78, 5) is 21.7. The first-order valence-corrected chi connectivity index (χ1v) is 12.2. The molecule has 35 heavy (non-hydrogen) atoms. The molecule has 0 radical (unpaired) electrons. The Hall–Kier alpha value is -2.17. The van der Waals surface area contributed by atoms with Gasteiger partial charge in [-0.2, -0.15) is 0 Å². The van der Waals surface area contributed by atoms with Crippen LogP contribution < -0.4 is 10.6 Å². The average molecular weight is 507 g/mol. The van der Waals surface area contributed by atoms with Gasteiger partial charge in [-0.05, 0) is 24.6 Å². The van der Waals surface area contributed by atoms with Crippen molar-refractivity contribution in [2.75, 3.05) is 52.4 Å². The maximum absolute atomic E-state index is 14.6. The summed E-state index contributed by atoms with van der Waals surface area (Å²) in [7, 11) is 3.31. The molecule has 0 unspecified atom stereocenters. The van der Waals surface area contributed by atoms with E-state index in [1.54, 1.807) is 26.4 Å². The van der Waals surface area contributed by atoms with E-state index >= 15 is 0 Å². The summed E-state index contributed by atoms with van der Waals surface area (Å²) in [5.41, 5.74) is 1.27. The number of nitrogens with zero attached hydrogens (tertiary/aromatic N) is 2. The van der Waals surface area contributed by atoms with E-state index in [4.69, 9.17) is 25.8 Å². The summed E-state index contributed by atoms with van der Waals surface area (Å²) in [6.45, 7) is 2.83. The van der Waals surface area contributed by atoms with Gasteiger partial charge < -0.3 is 24.8 Å². The average Bonchev–Trinajstić information content (AvgIpc) is 3.34. The first kappa shape index (κ1) is 25.9. The number of ether oxygens (including phenoxy) is 3. The van der Waals surface area contributed by atoms with E-state index in [1.165, 1.54) is 12.3 Å². The van der Waals surface area contributed by atoms with Crippen LogP contribution in [-0.2, 0) is 25.4 Å². The normalized spacial score (nSPS) is 21.7. The van der Waals surface area contributed by atoms with Gasteiger partial charge in [0.25, 0.3) is 0 Å². The highest BCUT2D eigenvalue weighted by Gasteiger charge is 2.33. The minimum absolute atomic E-state index is 0.0749. The zero-order valence-corrected chi connectivity index (χ0v) is 20.9. The molecule has 0 bridgehead atoms. The van der Waals surface area contributed by atoms with Crippen LogP contribution in [0.15, 0.2) is 24.4 Å². The van der Waals surface area contributed by atoms with Gasteiger partial charge in [0.2, 0.25) is 0 Å². The molecule has 2 saturated heterocycles. The summed E-state index contributed by atoms with van der Waals surface area (Å²) in [6, 6.07) is 4.88. The number of Topliss-reactive ketones (excluding diaryl/α,β-unsaturated/α-hetero) is 1. The Balaban J connectivity index is 1.47. The largest absolute Gasteiger partial charge is 0.383 e. The molecule has 2 aliphatic rings. The van der Waals surface area contributed by atoms with Gasteiger partial charge in [-0.3, -0.25) is 9.78 Å². The third-order valence-corrected chi connectivity index (χ3v) is 7.15. The van der Waals surface area contributed by atoms with Crippen LogP contribution in [-0.4, -0.2) is 74.5 Å². The van der Waals surface area contributed by atoms with Gasteiger partial charge in [0, 0.05) is 89.2 Å². The highest BCUT2D eigenvalue weighted by atomic mass is 35.5. The third kappa shape index (κ3) is 6.34. The Kier molecular flexibility index (Phi) is 8.67. The van der Waals surface area contributed by atoms with Crippen molar-refractivity contribution in [2.24, 2.45) is 5.92 Å². The van der Waals surface area contributed by atoms with Crippen molar-refractivity contribution in [3.63, 3.8) is 0 Å². The number of carbonyl (C=O) groups excluding carboxylic acids is 1. The monoisotopic (exact) mass is 506 g/mol. The van der Waals surface area contributed by atoms with E-state index in [1.807, 2.05) is 0 Å². The number of pyridine rings is 2. The quantitative estimate of drug-likeness (QED) is 0.507. The third-order valence-electron chi connectivity index (χ3n) is 6.85. The number of anilines is 1. The van der Waals surface area contributed by atoms with Crippen molar-refractivity contribution >= 4 is 23.2 Å². The molecule has 2 aromatic rings. The number of rotatable bonds is 10. The summed E-state index contributed by atoms with van der Waals surface area (Å²) < 4.78 is 30.9. The lowest BCUT2D eigenvalue weighted by Crippen LogP contribution is -2.44. The maximum atomic E-state index is 14.6. The van der Waals surface area contributed by atoms with E-state index in [-0.39, 0.29) is 30.0 Å². The minimum Gasteiger partial charge on any atom is -0.383 e. The molecule has 0 saturated carbocycles. The first-order valence-electron chi connectivity index (χ1n) is 11.9. The molecule has 10 heteroatoms. The Morgan fingerprint density at radius 2 is 2.14 bits per heavy atom. The lowest BCUT2D eigenvalue weighted by atomic mass is 9.94. The second kappa shape index (κ2) is 11.7. The summed E-state index contributed by atoms with van der Waals surface area (Å²) in [5.74, 6) is -0.300. The second-order valence-electron chi connectivity index (χ2n) is 9.17. The van der Waals surface area contributed by atoms with Gasteiger partial charge in [-0.25, -0.2) is 9.37 Å². The number of methoxy groups -OCH3 is 2. The Bertz CT molecular complexity index is 1030. The topological polar surface area (TPSA) is 94.6 Å². The Labute approximate surface area is 209 Å². The van der Waals surface area contributed by atoms with E-state index in [2.05, 4.69) is 20.6 Å². The Morgan fingerprint density at radius 3 is 2.89 bits per heavy atom. The van der Waals surface area contributed by atoms with Gasteiger partial charge in [-0.15, -0.1) is 0 Å². The lowest BCUT2D eigenvalue weighted by Gasteiger charge is -2.36. The van der Waals surface area contributed by atoms with E-state index < -0.39 is 11.4 Å². The fourth-order valence-electron chi connectivity index (χ4n) is 4.65. The van der Waals surface area contributed by atoms with Crippen molar-refractivity contribution < 1.29 is 23.4 Å². The van der Waals surface area contributed by atoms with Gasteiger partial charge in [0.1, 0.15) is 5.78 Å². The van der Waals surface area contributed by atoms with E-state index in [9.17, 15) is 9.18 Å². The number of hydrogen-bond donors (Lipinski definition) is 2. The highest BCUT2D eigenvalue weighted by Crippen LogP contribution is 2.30. The number of nitrogens with one attached hydrogen (secondary N) is 2. The maximum Gasteiger partial charge on any atom is 0.165 e. The molecule has 0 amide bonds. The zero-order valence-electron chi connectivity index (χ0n) is 20.1. The molecule has 0 spiro atoms. The molecule has 2 aliphatic heterocycles. The van der Waals surface area contributed by atoms with Crippen molar-refractivity contribution in [1.82, 2.24) is 15.3 Å². The second-order valence-corrected chi connectivity index (χ2v) is 9.58. The van der Waals surface area contributed by atoms with Crippen LogP contribution in [0.1, 0.15) is 25.0 Å². The smallest absolute Gasteiger partial charge is 0.165 e. The number of aromatic nitrogens is 2. The number of ketones is 1. The van der Waals surface area contributed by atoms with Crippen LogP contribution in [0, 0.1) is 11.7 Å². The summed E-state index contributed by atoms with van der Waals surface area (Å²) in [5, 5.41) is 6.81. The molecule has 190 valence electrons. The highest BCUT2D eigenvalue weighted by molar-refractivity contribution is 6.33. The zero-order chi connectivity index (χ0) is 24.8. The van der Waals surface area contributed by atoms with Crippen LogP contribution >= 0.6 is 11.6 Å². The molecular formula is C25H32ClFN4O4. The van der Waals surface area contributed by atoms with Crippen molar-refractivity contribution in [1.29, 1.82) is 0 Å². The number of carbonyl (C=O) groups is 1. The van der Waals surface area contributed by atoms with Gasteiger partial charge in [0.05, 0.1) is 22.9 Å². The standard InChI is InChI=1S/C25H32ClFN4O4/c1-33-14-18-9-16(12-28-18)23(32)11-17-10-19(20(26)13-29-17)22-4-3-21(27)24(31-22)30-15-25(34-2)5-7-35-8-6-25/h3-4,10,13,16,18,28H,5-9,11-12,14-15H2,1-2H3,(H,30,31)/t16-,18+/m1/s1. The minimum atomic E-state index is -0.466. The molecule has 2 atom stereocenters. The molecule has 0 aliphatic carbocycles. The summed E-state index contributed by atoms with van der Waals surface area (Å²) in [6.07, 6.45) is 3.89. The SMILES string of the molecule is COC[C@@H]1C[C@@H](C(=O)Cc2cc(-c3ccc(F)c(NCC4(OC)CCOCC4)n3)c(Cl)cn2)CN1. The van der Waals surface area contributed by atoms with Crippen molar-refractivity contribution in [2.45, 2.75) is 37.3 Å². The predicted octanol–water partition coefficient (Wildman–Crippen LogP) is 3.28. The van der Waals surface area contributed by atoms with Crippen molar-refractivity contribution in [3.05, 3.63) is 40.9 Å². The number of hydrogen-bond acceptors (Lipinski definition) is 8. The van der Waals surface area contributed by atoms with Gasteiger partial charge >= 0.3 is 0 Å². The van der Waals surface area contributed by atoms with Crippen molar-refractivity contribution in [3.8, 4) is 11.3 Å². The fourth-order valence-corrected chi connectivity index (χ4v) is 4.85.